The van der Waals surface area contributed by atoms with Gasteiger partial charge in [0, 0.05) is 43.0 Å². The number of benzene rings is 4. The largest absolute Gasteiger partial charge is 0.453 e. The predicted octanol–water partition coefficient (Wildman–Crippen LogP) is 9.10. The lowest BCUT2D eigenvalue weighted by Crippen LogP contribution is -2.55. The molecule has 15 nitrogen and oxygen atoms in total. The van der Waals surface area contributed by atoms with Crippen molar-refractivity contribution >= 4 is 35.0 Å². The summed E-state index contributed by atoms with van der Waals surface area (Å²) < 4.78 is 48.7. The molecule has 4 amide bonds. The number of fused-ring (bicyclic) bond motifs is 4. The number of nitrogens with zero attached hydrogens (tertiary/aromatic N) is 4. The molecule has 1 aliphatic carbocycles. The average molecular weight is 941 g/mol. The number of carbonyl (C=O) groups excluding carboxylic acids is 4. The molecule has 1 unspecified atom stereocenters. The van der Waals surface area contributed by atoms with Gasteiger partial charge in [0.05, 0.1) is 49.2 Å². The second-order valence-electron chi connectivity index (χ2n) is 18.3. The van der Waals surface area contributed by atoms with Crippen LogP contribution in [0.3, 0.4) is 0 Å². The van der Waals surface area contributed by atoms with Gasteiger partial charge in [-0.15, -0.1) is 0 Å². The van der Waals surface area contributed by atoms with Gasteiger partial charge in [-0.05, 0) is 109 Å². The Bertz CT molecular complexity index is 2900. The van der Waals surface area contributed by atoms with Crippen LogP contribution in [-0.4, -0.2) is 100 Å². The average Bonchev–Trinajstić information content (AvgIpc) is 4.12. The van der Waals surface area contributed by atoms with Gasteiger partial charge in [0.25, 0.3) is 11.8 Å². The minimum Gasteiger partial charge on any atom is -0.453 e. The fourth-order valence-electron chi connectivity index (χ4n) is 10.6. The van der Waals surface area contributed by atoms with Crippen molar-refractivity contribution in [3.8, 4) is 33.5 Å². The summed E-state index contributed by atoms with van der Waals surface area (Å²) in [5, 5.41) is 5.50. The van der Waals surface area contributed by atoms with Gasteiger partial charge in [-0.3, -0.25) is 9.59 Å². The number of ether oxygens (including phenoxy) is 3. The van der Waals surface area contributed by atoms with E-state index in [0.29, 0.717) is 108 Å². The summed E-state index contributed by atoms with van der Waals surface area (Å²) in [5.74, 6) is -2.72. The highest BCUT2D eigenvalue weighted by Gasteiger charge is 2.45. The van der Waals surface area contributed by atoms with E-state index in [2.05, 4.69) is 25.6 Å². The van der Waals surface area contributed by atoms with Crippen molar-refractivity contribution in [2.45, 2.75) is 81.5 Å². The minimum absolute atomic E-state index is 0.0938. The normalized spacial score (nSPS) is 19.8. The Morgan fingerprint density at radius 2 is 1.32 bits per heavy atom. The maximum Gasteiger partial charge on any atom is 0.407 e. The Hall–Kier alpha value is -7.14. The molecule has 2 aromatic heterocycles. The van der Waals surface area contributed by atoms with Crippen LogP contribution in [0.15, 0.2) is 91.1 Å². The molecule has 3 aliphatic heterocycles. The van der Waals surface area contributed by atoms with Crippen molar-refractivity contribution in [2.24, 2.45) is 5.92 Å². The van der Waals surface area contributed by atoms with E-state index in [1.807, 2.05) is 35.2 Å². The lowest BCUT2D eigenvalue weighted by Gasteiger charge is -2.39. The molecule has 6 aromatic rings. The van der Waals surface area contributed by atoms with Crippen molar-refractivity contribution in [3.63, 3.8) is 0 Å². The first-order valence-electron chi connectivity index (χ1n) is 23.7. The summed E-state index contributed by atoms with van der Waals surface area (Å²) in [6, 6.07) is 22.3. The van der Waals surface area contributed by atoms with Gasteiger partial charge in [0.15, 0.2) is 0 Å². The minimum atomic E-state index is -3.31. The lowest BCUT2D eigenvalue weighted by molar-refractivity contribution is -0.140. The zero-order chi connectivity index (χ0) is 47.8. The van der Waals surface area contributed by atoms with Crippen molar-refractivity contribution in [1.29, 1.82) is 0 Å². The zero-order valence-electron chi connectivity index (χ0n) is 38.4. The van der Waals surface area contributed by atoms with E-state index >= 15 is 8.78 Å². The highest BCUT2D eigenvalue weighted by molar-refractivity contribution is 5.89. The van der Waals surface area contributed by atoms with Crippen LogP contribution in [0.2, 0.25) is 0 Å². The van der Waals surface area contributed by atoms with Gasteiger partial charge in [-0.1, -0.05) is 60.7 Å². The zero-order valence-corrected chi connectivity index (χ0v) is 38.4. The molecule has 4 aromatic carbocycles. The molecule has 4 N–H and O–H groups in total. The number of halogens is 2. The summed E-state index contributed by atoms with van der Waals surface area (Å²) in [6.07, 6.45) is 6.18. The number of piperidine rings is 2. The van der Waals surface area contributed by atoms with Crippen LogP contribution >= 0.6 is 0 Å². The number of hydrogen-bond acceptors (Lipinski definition) is 9. The number of methoxy groups -OCH3 is 2. The van der Waals surface area contributed by atoms with Gasteiger partial charge in [0.2, 0.25) is 5.91 Å². The molecule has 17 heteroatoms. The number of likely N-dealkylation sites (tertiary alicyclic amines) is 2. The number of hydrogen-bond donors (Lipinski definition) is 4. The Morgan fingerprint density at radius 1 is 0.710 bits per heavy atom. The number of aromatic nitrogens is 4. The van der Waals surface area contributed by atoms with Crippen molar-refractivity contribution in [2.75, 3.05) is 40.5 Å². The summed E-state index contributed by atoms with van der Waals surface area (Å²) in [7, 11) is 2.53. The Kier molecular flexibility index (Phi) is 12.6. The number of imidazole rings is 2. The van der Waals surface area contributed by atoms with Gasteiger partial charge >= 0.3 is 12.2 Å². The van der Waals surface area contributed by atoms with Crippen molar-refractivity contribution in [1.82, 2.24) is 40.4 Å². The van der Waals surface area contributed by atoms with Crippen molar-refractivity contribution < 1.29 is 42.2 Å². The van der Waals surface area contributed by atoms with E-state index in [4.69, 9.17) is 19.2 Å². The monoisotopic (exact) mass is 940 g/mol. The molecule has 10 rings (SSSR count). The van der Waals surface area contributed by atoms with Gasteiger partial charge in [-0.2, -0.15) is 8.78 Å². The standard InChI is InChI=1S/C52H54F2N8O7/c1-67-50(65)59-44(30-10-4-3-5-11-30)48(63)61-22-8-6-12-42(61)46-55-29-41(58-46)34-15-18-36-35-17-14-32(26-37(35)52(53,54)38(36)27-34)33-16-19-39-40(28-33)57-47(56-39)43-13-7-9-23-62(43)49(64)45(60-51(66)68-2)31-20-24-69-25-21-31/h3-5,10-11,14-19,26-29,31,42-45H,6-9,12-13,20-25H2,1-2H3,(H,55,58)(H,56,57)(H,59,65)(H,60,66)/t42?,43-,44-,45+/m1/s1. The third-order valence-corrected chi connectivity index (χ3v) is 14.2. The van der Waals surface area contributed by atoms with Crippen LogP contribution in [0.25, 0.3) is 44.5 Å². The fraction of sp³-hybridized carbons (Fsp3) is 0.385. The predicted molar refractivity (Wildman–Crippen MR) is 252 cm³/mol. The van der Waals surface area contributed by atoms with Crippen LogP contribution < -0.4 is 10.6 Å². The first kappa shape index (κ1) is 45.6. The van der Waals surface area contributed by atoms with Gasteiger partial charge < -0.3 is 44.6 Å². The summed E-state index contributed by atoms with van der Waals surface area (Å²) in [5.41, 5.74) is 5.10. The molecule has 0 radical (unpaired) electrons. The Balaban J connectivity index is 0.880. The molecule has 4 aliphatic rings. The van der Waals surface area contributed by atoms with Crippen LogP contribution in [0.1, 0.15) is 97.8 Å². The number of carbonyl (C=O) groups is 4. The Morgan fingerprint density at radius 3 is 2.01 bits per heavy atom. The third kappa shape index (κ3) is 8.79. The summed E-state index contributed by atoms with van der Waals surface area (Å²) in [4.78, 5) is 73.2. The molecular formula is C52H54F2N8O7. The van der Waals surface area contributed by atoms with E-state index in [1.54, 1.807) is 59.6 Å². The second-order valence-corrected chi connectivity index (χ2v) is 18.3. The van der Waals surface area contributed by atoms with Crippen molar-refractivity contribution in [3.05, 3.63) is 119 Å². The third-order valence-electron chi connectivity index (χ3n) is 14.2. The number of amides is 4. The highest BCUT2D eigenvalue weighted by atomic mass is 19.3. The number of nitrogens with one attached hydrogen (secondary N) is 4. The second kappa shape index (κ2) is 19.1. The molecule has 4 atom stereocenters. The van der Waals surface area contributed by atoms with E-state index < -0.39 is 36.2 Å². The lowest BCUT2D eigenvalue weighted by atomic mass is 9.89. The van der Waals surface area contributed by atoms with Gasteiger partial charge in [-0.25, -0.2) is 19.6 Å². The summed E-state index contributed by atoms with van der Waals surface area (Å²) in [6.45, 7) is 1.99. The van der Waals surface area contributed by atoms with E-state index in [-0.39, 0.29) is 34.9 Å². The maximum atomic E-state index is 16.7. The first-order chi connectivity index (χ1) is 33.5. The molecule has 3 fully saturated rings. The maximum absolute atomic E-state index is 16.7. The SMILES string of the molecule is COC(=O)N[C@H](C(=O)N1CCCC[C@@H]1c1nc2ccc(-c3ccc4c(c3)C(F)(F)c3cc(-c5cnc(C6CCCCN6C(=O)[C@H](NC(=O)OC)c6ccccc6)[nH]5)ccc3-4)cc2[nH]1)C1CCOCC1. The molecular weight excluding hydrogens is 887 g/mol. The van der Waals surface area contributed by atoms with Crippen LogP contribution in [0.4, 0.5) is 18.4 Å². The number of alkyl carbamates (subject to hydrolysis) is 2. The molecule has 358 valence electrons. The molecule has 0 saturated carbocycles. The highest BCUT2D eigenvalue weighted by Crippen LogP contribution is 2.53. The fourth-order valence-corrected chi connectivity index (χ4v) is 10.6. The number of rotatable bonds is 10. The van der Waals surface area contributed by atoms with Gasteiger partial charge in [0.1, 0.15) is 23.7 Å². The number of alkyl halides is 2. The molecule has 0 bridgehead atoms. The van der Waals surface area contributed by atoms with E-state index in [9.17, 15) is 19.2 Å². The van der Waals surface area contributed by atoms with Crippen LogP contribution in [-0.2, 0) is 29.7 Å². The first-order valence-corrected chi connectivity index (χ1v) is 23.7. The molecule has 3 saturated heterocycles. The Labute approximate surface area is 397 Å². The van der Waals surface area contributed by atoms with E-state index in [0.717, 1.165) is 31.2 Å². The van der Waals surface area contributed by atoms with Crippen LogP contribution in [0.5, 0.6) is 0 Å². The molecule has 69 heavy (non-hydrogen) atoms. The number of aromatic amines is 2. The quantitative estimate of drug-likeness (QED) is 0.104. The van der Waals surface area contributed by atoms with E-state index in [1.165, 1.54) is 20.3 Å². The molecule has 5 heterocycles. The smallest absolute Gasteiger partial charge is 0.407 e. The topological polar surface area (TPSA) is 184 Å². The van der Waals surface area contributed by atoms with Crippen LogP contribution in [0, 0.1) is 5.92 Å². The summed E-state index contributed by atoms with van der Waals surface area (Å²) >= 11 is 0. The molecule has 0 spiro atoms. The number of H-pyrrole nitrogens is 2.